The van der Waals surface area contributed by atoms with Crippen LogP contribution in [0.15, 0.2) is 0 Å². The second-order valence-electron chi connectivity index (χ2n) is 4.89. The molecule has 2 atom stereocenters. The van der Waals surface area contributed by atoms with Crippen LogP contribution >= 0.6 is 12.2 Å². The molecule has 0 radical (unpaired) electrons. The highest BCUT2D eigenvalue weighted by atomic mass is 32.1. The SMILES string of the molecule is CC(CC(N)=S)N(C)C(C)C(=O)N1CCCC1. The van der Waals surface area contributed by atoms with E-state index in [1.54, 1.807) is 0 Å². The molecule has 2 unspecified atom stereocenters. The molecule has 0 aromatic carbocycles. The molecule has 0 aromatic rings. The van der Waals surface area contributed by atoms with Gasteiger partial charge in [0.15, 0.2) is 0 Å². The van der Waals surface area contributed by atoms with E-state index in [1.807, 2.05) is 25.8 Å². The van der Waals surface area contributed by atoms with E-state index in [2.05, 4.69) is 4.90 Å². The van der Waals surface area contributed by atoms with Crippen LogP contribution in [0.3, 0.4) is 0 Å². The van der Waals surface area contributed by atoms with Crippen LogP contribution in [0.2, 0.25) is 0 Å². The molecule has 1 rings (SSSR count). The fraction of sp³-hybridized carbons (Fsp3) is 0.833. The molecule has 17 heavy (non-hydrogen) atoms. The lowest BCUT2D eigenvalue weighted by molar-refractivity contribution is -0.135. The van der Waals surface area contributed by atoms with Gasteiger partial charge >= 0.3 is 0 Å². The van der Waals surface area contributed by atoms with Crippen LogP contribution in [-0.2, 0) is 4.79 Å². The zero-order valence-electron chi connectivity index (χ0n) is 11.0. The third-order valence-corrected chi connectivity index (χ3v) is 3.74. The van der Waals surface area contributed by atoms with Crippen molar-refractivity contribution in [2.75, 3.05) is 20.1 Å². The molecule has 2 N–H and O–H groups in total. The molecule has 98 valence electrons. The maximum Gasteiger partial charge on any atom is 0.239 e. The summed E-state index contributed by atoms with van der Waals surface area (Å²) < 4.78 is 0. The summed E-state index contributed by atoms with van der Waals surface area (Å²) >= 11 is 4.91. The molecule has 0 saturated carbocycles. The average Bonchev–Trinajstić information content (AvgIpc) is 2.78. The first-order valence-electron chi connectivity index (χ1n) is 6.22. The number of hydrogen-bond acceptors (Lipinski definition) is 3. The molecule has 4 nitrogen and oxygen atoms in total. The molecular weight excluding hydrogens is 234 g/mol. The summed E-state index contributed by atoms with van der Waals surface area (Å²) in [5.74, 6) is 0.222. The molecule has 1 aliphatic heterocycles. The molecule has 1 amide bonds. The smallest absolute Gasteiger partial charge is 0.239 e. The monoisotopic (exact) mass is 257 g/mol. The summed E-state index contributed by atoms with van der Waals surface area (Å²) in [6, 6.07) is 0.103. The Morgan fingerprint density at radius 1 is 1.41 bits per heavy atom. The van der Waals surface area contributed by atoms with Gasteiger partial charge in [-0.05, 0) is 33.7 Å². The van der Waals surface area contributed by atoms with Gasteiger partial charge in [0.2, 0.25) is 5.91 Å². The van der Waals surface area contributed by atoms with Crippen LogP contribution in [0, 0.1) is 0 Å². The molecule has 0 aromatic heterocycles. The van der Waals surface area contributed by atoms with Gasteiger partial charge in [-0.2, -0.15) is 0 Å². The zero-order chi connectivity index (χ0) is 13.0. The van der Waals surface area contributed by atoms with Crippen LogP contribution in [0.25, 0.3) is 0 Å². The van der Waals surface area contributed by atoms with Crippen molar-refractivity contribution in [3.63, 3.8) is 0 Å². The first-order chi connectivity index (χ1) is 7.93. The Kier molecular flexibility index (Phi) is 5.33. The Balaban J connectivity index is 2.52. The Hall–Kier alpha value is -0.680. The highest BCUT2D eigenvalue weighted by molar-refractivity contribution is 7.80. The number of hydrogen-bond donors (Lipinski definition) is 1. The van der Waals surface area contributed by atoms with E-state index in [0.717, 1.165) is 25.9 Å². The zero-order valence-corrected chi connectivity index (χ0v) is 11.8. The summed E-state index contributed by atoms with van der Waals surface area (Å²) in [4.78, 5) is 16.7. The molecule has 0 bridgehead atoms. The summed E-state index contributed by atoms with van der Waals surface area (Å²) in [5.41, 5.74) is 5.54. The number of rotatable bonds is 5. The number of carbonyl (C=O) groups is 1. The number of likely N-dealkylation sites (tertiary alicyclic amines) is 1. The third kappa shape index (κ3) is 3.92. The van der Waals surface area contributed by atoms with Crippen LogP contribution in [0.4, 0.5) is 0 Å². The maximum atomic E-state index is 12.2. The number of nitrogens with two attached hydrogens (primary N) is 1. The summed E-state index contributed by atoms with van der Waals surface area (Å²) in [6.07, 6.45) is 2.92. The molecule has 1 heterocycles. The Morgan fingerprint density at radius 3 is 2.41 bits per heavy atom. The Morgan fingerprint density at radius 2 is 1.94 bits per heavy atom. The predicted molar refractivity (Wildman–Crippen MR) is 73.9 cm³/mol. The quantitative estimate of drug-likeness (QED) is 0.746. The minimum Gasteiger partial charge on any atom is -0.393 e. The van der Waals surface area contributed by atoms with Gasteiger partial charge in [-0.3, -0.25) is 9.69 Å². The molecular formula is C12H23N3OS. The van der Waals surface area contributed by atoms with Crippen molar-refractivity contribution in [1.82, 2.24) is 9.80 Å². The molecule has 0 aliphatic carbocycles. The van der Waals surface area contributed by atoms with Crippen LogP contribution in [0.1, 0.15) is 33.1 Å². The summed E-state index contributed by atoms with van der Waals surface area (Å²) in [5, 5.41) is 0. The van der Waals surface area contributed by atoms with Crippen molar-refractivity contribution in [2.24, 2.45) is 5.73 Å². The summed E-state index contributed by atoms with van der Waals surface area (Å²) in [7, 11) is 1.96. The van der Waals surface area contributed by atoms with Gasteiger partial charge in [-0.15, -0.1) is 0 Å². The van der Waals surface area contributed by atoms with Crippen molar-refractivity contribution < 1.29 is 4.79 Å². The normalized spacial score (nSPS) is 19.4. The van der Waals surface area contributed by atoms with Gasteiger partial charge in [0, 0.05) is 25.6 Å². The standard InChI is InChI=1S/C12H23N3OS/c1-9(8-11(13)17)14(3)10(2)12(16)15-6-4-5-7-15/h9-10H,4-8H2,1-3H3,(H2,13,17). The van der Waals surface area contributed by atoms with E-state index in [-0.39, 0.29) is 18.0 Å². The number of carbonyl (C=O) groups excluding carboxylic acids is 1. The van der Waals surface area contributed by atoms with Crippen molar-refractivity contribution in [1.29, 1.82) is 0 Å². The van der Waals surface area contributed by atoms with E-state index in [9.17, 15) is 4.79 Å². The third-order valence-electron chi connectivity index (χ3n) is 3.58. The van der Waals surface area contributed by atoms with Gasteiger partial charge in [-0.1, -0.05) is 12.2 Å². The number of nitrogens with zero attached hydrogens (tertiary/aromatic N) is 2. The highest BCUT2D eigenvalue weighted by Gasteiger charge is 2.28. The largest absolute Gasteiger partial charge is 0.393 e. The van der Waals surface area contributed by atoms with Crippen molar-refractivity contribution in [3.8, 4) is 0 Å². The Bertz CT molecular complexity index is 289. The molecule has 1 saturated heterocycles. The average molecular weight is 257 g/mol. The van der Waals surface area contributed by atoms with Crippen LogP contribution in [-0.4, -0.2) is 52.9 Å². The fourth-order valence-corrected chi connectivity index (χ4v) is 2.43. The number of amides is 1. The predicted octanol–water partition coefficient (Wildman–Crippen LogP) is 0.994. The van der Waals surface area contributed by atoms with Gasteiger partial charge in [0.25, 0.3) is 0 Å². The minimum absolute atomic E-state index is 0.0996. The molecule has 5 heteroatoms. The van der Waals surface area contributed by atoms with Gasteiger partial charge in [-0.25, -0.2) is 0 Å². The van der Waals surface area contributed by atoms with E-state index in [4.69, 9.17) is 18.0 Å². The second-order valence-corrected chi connectivity index (χ2v) is 5.42. The van der Waals surface area contributed by atoms with Gasteiger partial charge in [0.1, 0.15) is 0 Å². The number of likely N-dealkylation sites (N-methyl/N-ethyl adjacent to an activating group) is 1. The van der Waals surface area contributed by atoms with Crippen LogP contribution in [0.5, 0.6) is 0 Å². The minimum atomic E-state index is -0.0996. The molecule has 1 aliphatic rings. The fourth-order valence-electron chi connectivity index (χ4n) is 2.19. The summed E-state index contributed by atoms with van der Waals surface area (Å²) in [6.45, 7) is 5.81. The van der Waals surface area contributed by atoms with Gasteiger partial charge < -0.3 is 10.6 Å². The lowest BCUT2D eigenvalue weighted by Gasteiger charge is -2.32. The maximum absolute atomic E-state index is 12.2. The molecule has 1 fully saturated rings. The van der Waals surface area contributed by atoms with E-state index >= 15 is 0 Å². The van der Waals surface area contributed by atoms with Crippen molar-refractivity contribution in [3.05, 3.63) is 0 Å². The van der Waals surface area contributed by atoms with Crippen molar-refractivity contribution in [2.45, 2.75) is 45.2 Å². The lowest BCUT2D eigenvalue weighted by atomic mass is 10.1. The number of thiocarbonyl (C=S) groups is 1. The first-order valence-corrected chi connectivity index (χ1v) is 6.63. The van der Waals surface area contributed by atoms with Crippen LogP contribution < -0.4 is 5.73 Å². The van der Waals surface area contributed by atoms with Crippen molar-refractivity contribution >= 4 is 23.1 Å². The van der Waals surface area contributed by atoms with Gasteiger partial charge in [0.05, 0.1) is 11.0 Å². The van der Waals surface area contributed by atoms with E-state index < -0.39 is 0 Å². The molecule has 0 spiro atoms. The lowest BCUT2D eigenvalue weighted by Crippen LogP contribution is -2.48. The van der Waals surface area contributed by atoms with E-state index in [1.165, 1.54) is 0 Å². The highest BCUT2D eigenvalue weighted by Crippen LogP contribution is 2.13. The topological polar surface area (TPSA) is 49.6 Å². The van der Waals surface area contributed by atoms with E-state index in [0.29, 0.717) is 11.4 Å². The second kappa shape index (κ2) is 6.31. The first kappa shape index (κ1) is 14.4. The Labute approximate surface area is 109 Å².